The molecule has 6 heteroatoms. The van der Waals surface area contributed by atoms with E-state index in [-0.39, 0.29) is 18.5 Å². The average Bonchev–Trinajstić information content (AvgIpc) is 3.13. The van der Waals surface area contributed by atoms with E-state index in [1.807, 2.05) is 30.3 Å². The third kappa shape index (κ3) is 3.06. The van der Waals surface area contributed by atoms with Gasteiger partial charge in [0.15, 0.2) is 17.3 Å². The van der Waals surface area contributed by atoms with Crippen LogP contribution in [0.3, 0.4) is 0 Å². The van der Waals surface area contributed by atoms with Crippen LogP contribution in [0.2, 0.25) is 0 Å². The Kier molecular flexibility index (Phi) is 4.16. The number of rotatable bonds is 4. The Morgan fingerprint density at radius 1 is 0.963 bits per heavy atom. The summed E-state index contributed by atoms with van der Waals surface area (Å²) in [5.74, 6) is 0.867. The first-order valence-corrected chi connectivity index (χ1v) is 8.39. The molecule has 0 unspecified atom stereocenters. The lowest BCUT2D eigenvalue weighted by molar-refractivity contribution is 0.101. The van der Waals surface area contributed by atoms with Crippen molar-refractivity contribution in [2.45, 2.75) is 6.92 Å². The minimum Gasteiger partial charge on any atom is -0.496 e. The number of nitrogens with one attached hydrogen (secondary N) is 1. The average molecular weight is 363 g/mol. The summed E-state index contributed by atoms with van der Waals surface area (Å²) in [6.07, 6.45) is 0. The van der Waals surface area contributed by atoms with E-state index in [2.05, 4.69) is 5.32 Å². The first kappa shape index (κ1) is 16.9. The van der Waals surface area contributed by atoms with E-state index in [0.717, 1.165) is 10.8 Å². The molecule has 136 valence electrons. The van der Waals surface area contributed by atoms with Crippen LogP contribution < -0.4 is 19.5 Å². The van der Waals surface area contributed by atoms with Crippen LogP contribution in [-0.2, 0) is 0 Å². The molecule has 1 amide bonds. The fourth-order valence-corrected chi connectivity index (χ4v) is 3.09. The molecule has 4 rings (SSSR count). The zero-order valence-corrected chi connectivity index (χ0v) is 14.9. The van der Waals surface area contributed by atoms with Crippen LogP contribution in [0.25, 0.3) is 10.8 Å². The topological polar surface area (TPSA) is 73.9 Å². The number of fused-ring (bicyclic) bond motifs is 2. The largest absolute Gasteiger partial charge is 0.496 e. The highest BCUT2D eigenvalue weighted by Gasteiger charge is 2.22. The lowest BCUT2D eigenvalue weighted by atomic mass is 10.0. The highest BCUT2D eigenvalue weighted by Crippen LogP contribution is 2.37. The normalized spacial score (nSPS) is 12.1. The number of hydrogen-bond donors (Lipinski definition) is 1. The molecule has 0 radical (unpaired) electrons. The number of hydrogen-bond acceptors (Lipinski definition) is 5. The summed E-state index contributed by atoms with van der Waals surface area (Å²) in [5, 5.41) is 4.69. The monoisotopic (exact) mass is 363 g/mol. The van der Waals surface area contributed by atoms with E-state index in [4.69, 9.17) is 14.2 Å². The Balaban J connectivity index is 1.74. The van der Waals surface area contributed by atoms with Crippen molar-refractivity contribution < 1.29 is 23.8 Å². The van der Waals surface area contributed by atoms with Gasteiger partial charge in [0.2, 0.25) is 6.79 Å². The molecule has 1 N–H and O–H groups in total. The van der Waals surface area contributed by atoms with Crippen molar-refractivity contribution in [3.63, 3.8) is 0 Å². The summed E-state index contributed by atoms with van der Waals surface area (Å²) in [4.78, 5) is 24.9. The van der Waals surface area contributed by atoms with Gasteiger partial charge in [0, 0.05) is 11.6 Å². The minimum absolute atomic E-state index is 0.0859. The summed E-state index contributed by atoms with van der Waals surface area (Å²) in [6, 6.07) is 14.5. The summed E-state index contributed by atoms with van der Waals surface area (Å²) in [5.41, 5.74) is 1.10. The van der Waals surface area contributed by atoms with Gasteiger partial charge in [-0.25, -0.2) is 0 Å². The van der Waals surface area contributed by atoms with Crippen molar-refractivity contribution >= 4 is 28.2 Å². The Morgan fingerprint density at radius 2 is 1.63 bits per heavy atom. The Labute approximate surface area is 155 Å². The molecule has 0 aromatic heterocycles. The number of ether oxygens (including phenoxy) is 3. The number of methoxy groups -OCH3 is 1. The van der Waals surface area contributed by atoms with Crippen molar-refractivity contribution in [3.8, 4) is 17.2 Å². The smallest absolute Gasteiger partial charge is 0.259 e. The molecule has 0 atom stereocenters. The predicted molar refractivity (Wildman–Crippen MR) is 101 cm³/mol. The second-order valence-corrected chi connectivity index (χ2v) is 6.16. The molecule has 0 bridgehead atoms. The first-order valence-electron chi connectivity index (χ1n) is 8.39. The number of carbonyl (C=O) groups excluding carboxylic acids is 2. The van der Waals surface area contributed by atoms with Crippen molar-refractivity contribution in [2.75, 3.05) is 19.2 Å². The van der Waals surface area contributed by atoms with E-state index in [9.17, 15) is 9.59 Å². The summed E-state index contributed by atoms with van der Waals surface area (Å²) < 4.78 is 16.1. The predicted octanol–water partition coefficient (Wildman–Crippen LogP) is 4.03. The van der Waals surface area contributed by atoms with Gasteiger partial charge in [-0.1, -0.05) is 24.3 Å². The van der Waals surface area contributed by atoms with E-state index < -0.39 is 0 Å². The van der Waals surface area contributed by atoms with Gasteiger partial charge in [0.1, 0.15) is 5.75 Å². The lowest BCUT2D eigenvalue weighted by Gasteiger charge is -2.13. The quantitative estimate of drug-likeness (QED) is 0.709. The molecule has 0 aliphatic carbocycles. The molecule has 0 saturated heterocycles. The van der Waals surface area contributed by atoms with E-state index >= 15 is 0 Å². The SMILES string of the molecule is COc1cc2ccccc2cc1C(=O)Nc1cc2c(cc1C(C)=O)OCO2. The number of benzene rings is 3. The fraction of sp³-hybridized carbons (Fsp3) is 0.143. The molecule has 27 heavy (non-hydrogen) atoms. The van der Waals surface area contributed by atoms with Gasteiger partial charge in [-0.05, 0) is 35.9 Å². The number of amides is 1. The molecular weight excluding hydrogens is 346 g/mol. The number of Topliss-reactive ketones (excluding diaryl/α,β-unsaturated/α-hetero) is 1. The molecule has 3 aromatic carbocycles. The van der Waals surface area contributed by atoms with Gasteiger partial charge in [-0.2, -0.15) is 0 Å². The molecular formula is C21H17NO5. The first-order chi connectivity index (χ1) is 13.1. The molecule has 1 aliphatic heterocycles. The van der Waals surface area contributed by atoms with Crippen molar-refractivity contribution in [3.05, 3.63) is 59.7 Å². The second kappa shape index (κ2) is 6.64. The molecule has 3 aromatic rings. The molecule has 0 fully saturated rings. The second-order valence-electron chi connectivity index (χ2n) is 6.16. The summed E-state index contributed by atoms with van der Waals surface area (Å²) >= 11 is 0. The summed E-state index contributed by atoms with van der Waals surface area (Å²) in [6.45, 7) is 1.52. The van der Waals surface area contributed by atoms with Crippen LogP contribution in [0.1, 0.15) is 27.6 Å². The Morgan fingerprint density at radius 3 is 2.30 bits per heavy atom. The summed E-state index contributed by atoms with van der Waals surface area (Å²) in [7, 11) is 1.52. The highest BCUT2D eigenvalue weighted by atomic mass is 16.7. The van der Waals surface area contributed by atoms with Crippen molar-refractivity contribution in [1.82, 2.24) is 0 Å². The zero-order valence-electron chi connectivity index (χ0n) is 14.9. The molecule has 1 aliphatic rings. The van der Waals surface area contributed by atoms with Crippen molar-refractivity contribution in [2.24, 2.45) is 0 Å². The van der Waals surface area contributed by atoms with E-state index in [0.29, 0.717) is 34.1 Å². The maximum atomic E-state index is 12.9. The third-order valence-corrected chi connectivity index (χ3v) is 4.45. The molecule has 0 spiro atoms. The van der Waals surface area contributed by atoms with E-state index in [1.54, 1.807) is 18.2 Å². The fourth-order valence-electron chi connectivity index (χ4n) is 3.09. The lowest BCUT2D eigenvalue weighted by Crippen LogP contribution is -2.15. The van der Waals surface area contributed by atoms with Gasteiger partial charge in [-0.15, -0.1) is 0 Å². The molecule has 0 saturated carbocycles. The van der Waals surface area contributed by atoms with Gasteiger partial charge in [0.25, 0.3) is 5.91 Å². The maximum absolute atomic E-state index is 12.9. The van der Waals surface area contributed by atoms with Crippen LogP contribution >= 0.6 is 0 Å². The van der Waals surface area contributed by atoms with Gasteiger partial charge < -0.3 is 19.5 Å². The van der Waals surface area contributed by atoms with Gasteiger partial charge >= 0.3 is 0 Å². The maximum Gasteiger partial charge on any atom is 0.259 e. The molecule has 1 heterocycles. The standard InChI is InChI=1S/C21H17NO5/c1-12(23)15-9-19-20(27-11-26-19)10-17(15)22-21(24)16-7-13-5-3-4-6-14(13)8-18(16)25-2/h3-10H,11H2,1-2H3,(H,22,24). The Hall–Kier alpha value is -3.54. The van der Waals surface area contributed by atoms with Crippen LogP contribution in [0.4, 0.5) is 5.69 Å². The zero-order chi connectivity index (χ0) is 19.0. The van der Waals surface area contributed by atoms with E-state index in [1.165, 1.54) is 14.0 Å². The van der Waals surface area contributed by atoms with Crippen LogP contribution in [0, 0.1) is 0 Å². The van der Waals surface area contributed by atoms with Crippen LogP contribution in [-0.4, -0.2) is 25.6 Å². The Bertz CT molecular complexity index is 1070. The van der Waals surface area contributed by atoms with Gasteiger partial charge in [-0.3, -0.25) is 9.59 Å². The minimum atomic E-state index is -0.376. The number of ketones is 1. The number of carbonyl (C=O) groups is 2. The molecule has 6 nitrogen and oxygen atoms in total. The van der Waals surface area contributed by atoms with Gasteiger partial charge in [0.05, 0.1) is 18.4 Å². The van der Waals surface area contributed by atoms with Crippen LogP contribution in [0.5, 0.6) is 17.2 Å². The highest BCUT2D eigenvalue weighted by molar-refractivity contribution is 6.12. The van der Waals surface area contributed by atoms with Crippen LogP contribution in [0.15, 0.2) is 48.5 Å². The number of anilines is 1. The van der Waals surface area contributed by atoms with Crippen molar-refractivity contribution in [1.29, 1.82) is 0 Å². The third-order valence-electron chi connectivity index (χ3n) is 4.45.